The summed E-state index contributed by atoms with van der Waals surface area (Å²) in [6.07, 6.45) is 15.0. The van der Waals surface area contributed by atoms with E-state index in [0.717, 1.165) is 127 Å². The van der Waals surface area contributed by atoms with Crippen molar-refractivity contribution in [2.75, 3.05) is 150 Å². The number of amides is 2. The molecule has 12 heterocycles. The van der Waals surface area contributed by atoms with Crippen LogP contribution in [0.1, 0.15) is 54.3 Å². The van der Waals surface area contributed by atoms with Gasteiger partial charge in [-0.05, 0) is 69.8 Å². The molecular formula is C62H82N20O7S6. The van der Waals surface area contributed by atoms with Gasteiger partial charge in [0.05, 0.1) is 87.7 Å². The number of fused-ring (bicyclic) bond motifs is 3. The summed E-state index contributed by atoms with van der Waals surface area (Å²) >= 11 is 8.90. The summed E-state index contributed by atoms with van der Waals surface area (Å²) in [6.45, 7) is 19.9. The minimum atomic E-state index is -3.29. The lowest BCUT2D eigenvalue weighted by molar-refractivity contribution is -0.115. The predicted octanol–water partition coefficient (Wildman–Crippen LogP) is 8.08. The number of ether oxygens (including phenoxy) is 3. The van der Waals surface area contributed by atoms with Crippen molar-refractivity contribution in [3.63, 3.8) is 0 Å². The van der Waals surface area contributed by atoms with Crippen molar-refractivity contribution >= 4 is 145 Å². The molecule has 27 nitrogen and oxygen atoms in total. The van der Waals surface area contributed by atoms with E-state index in [9.17, 15) is 18.0 Å². The van der Waals surface area contributed by atoms with Crippen molar-refractivity contribution in [3.8, 4) is 34.2 Å². The smallest absolute Gasteiger partial charge is 0.229 e. The van der Waals surface area contributed by atoms with Crippen molar-refractivity contribution < 1.29 is 32.2 Å². The van der Waals surface area contributed by atoms with Crippen LogP contribution >= 0.6 is 57.5 Å². The van der Waals surface area contributed by atoms with Crippen LogP contribution < -0.4 is 41.7 Å². The van der Waals surface area contributed by atoms with E-state index in [4.69, 9.17) is 49.8 Å². The maximum absolute atomic E-state index is 11.9. The monoisotopic (exact) mass is 1410 g/mol. The lowest BCUT2D eigenvalue weighted by atomic mass is 10.2. The number of aryl methyl sites for hydroxylation is 1. The lowest BCUT2D eigenvalue weighted by Gasteiger charge is -2.28. The number of nitrogens with two attached hydrogens (primary N) is 1. The van der Waals surface area contributed by atoms with Gasteiger partial charge in [0.1, 0.15) is 5.82 Å². The molecule has 9 aromatic rings. The highest BCUT2D eigenvalue weighted by Crippen LogP contribution is 2.40. The Hall–Kier alpha value is -7.02. The van der Waals surface area contributed by atoms with Crippen LogP contribution in [0.15, 0.2) is 55.2 Å². The van der Waals surface area contributed by atoms with Crippen LogP contribution in [0.3, 0.4) is 0 Å². The van der Waals surface area contributed by atoms with Gasteiger partial charge in [-0.1, -0.05) is 13.8 Å². The van der Waals surface area contributed by atoms with Crippen LogP contribution in [-0.2, 0) is 53.5 Å². The van der Waals surface area contributed by atoms with E-state index in [1.54, 1.807) is 66.8 Å². The van der Waals surface area contributed by atoms with Crippen LogP contribution in [-0.4, -0.2) is 209 Å². The van der Waals surface area contributed by atoms with Gasteiger partial charge < -0.3 is 50.6 Å². The van der Waals surface area contributed by atoms with Gasteiger partial charge in [-0.25, -0.2) is 67.5 Å². The Morgan fingerprint density at radius 2 is 1.09 bits per heavy atom. The molecule has 95 heavy (non-hydrogen) atoms. The number of thiophene rings is 3. The average molecular weight is 1410 g/mol. The Balaban J connectivity index is 0.000000157. The highest BCUT2D eigenvalue weighted by molar-refractivity contribution is 8.03. The largest absolute Gasteiger partial charge is 0.378 e. The van der Waals surface area contributed by atoms with Gasteiger partial charge in [-0.3, -0.25) is 14.9 Å². The Kier molecular flexibility index (Phi) is 26.1. The number of aromatic nitrogens is 11. The molecule has 12 rings (SSSR count). The number of pyridine rings is 1. The number of anilines is 6. The summed E-state index contributed by atoms with van der Waals surface area (Å²) in [4.78, 5) is 82.0. The lowest BCUT2D eigenvalue weighted by Crippen LogP contribution is -2.36. The molecule has 33 heteroatoms. The van der Waals surface area contributed by atoms with Crippen molar-refractivity contribution in [3.05, 3.63) is 75.4 Å². The second-order valence-corrected chi connectivity index (χ2v) is 30.0. The molecule has 3 aliphatic rings. The fourth-order valence-electron chi connectivity index (χ4n) is 10.1. The minimum Gasteiger partial charge on any atom is -0.378 e. The quantitative estimate of drug-likeness (QED) is 0.0510. The molecule has 0 saturated carbocycles. The van der Waals surface area contributed by atoms with Crippen LogP contribution in [0, 0.1) is 6.92 Å². The topological polar surface area (TPSA) is 325 Å². The summed E-state index contributed by atoms with van der Waals surface area (Å²) in [5, 5.41) is 13.3. The zero-order chi connectivity index (χ0) is 67.8. The van der Waals surface area contributed by atoms with Crippen molar-refractivity contribution in [2.45, 2.75) is 71.2 Å². The number of sulfonamides is 1. The highest BCUT2D eigenvalue weighted by Gasteiger charge is 2.26. The number of carbonyl (C=O) groups excluding carboxylic acids is 2. The number of morpholine rings is 3. The summed E-state index contributed by atoms with van der Waals surface area (Å²) < 4.78 is 44.7. The third-order valence-corrected chi connectivity index (χ3v) is 22.6. The first-order valence-corrected chi connectivity index (χ1v) is 37.7. The van der Waals surface area contributed by atoms with Crippen LogP contribution in [0.5, 0.6) is 0 Å². The molecule has 3 fully saturated rings. The summed E-state index contributed by atoms with van der Waals surface area (Å²) in [5.41, 5.74) is 11.4. The van der Waals surface area contributed by atoms with Gasteiger partial charge in [0, 0.05) is 141 Å². The number of nitrogens with one attached hydrogen (secondary N) is 4. The Labute approximate surface area is 574 Å². The number of rotatable bonds is 19. The average Bonchev–Trinajstić information content (AvgIpc) is 1.68. The van der Waals surface area contributed by atoms with E-state index >= 15 is 0 Å². The Morgan fingerprint density at radius 1 is 0.642 bits per heavy atom. The normalized spacial score (nSPS) is 15.0. The SMILES string of the molecule is CCC(SC)C(C)SC.CNCc1cc2nc(-c3ccc(NC(C)=O)nc3)nc(N3CCOCC3)c2s1.CNCc1cc2nc(-c3cnc(NC(C)=O)nc3)nc(N3CCOCC3)c2s1.Cc1c(CN(C)S(C)(=O)=O)sc2c(N3CCOCC3)nc(-c3cnc(N)nc3)nc12. The molecule has 6 N–H and O–H groups in total. The van der Waals surface area contributed by atoms with E-state index in [2.05, 4.69) is 99.4 Å². The van der Waals surface area contributed by atoms with E-state index in [0.29, 0.717) is 74.1 Å². The fourth-order valence-corrected chi connectivity index (χ4v) is 16.0. The zero-order valence-electron chi connectivity index (χ0n) is 55.3. The van der Waals surface area contributed by atoms with Crippen molar-refractivity contribution in [2.24, 2.45) is 0 Å². The van der Waals surface area contributed by atoms with Crippen LogP contribution in [0.25, 0.3) is 64.8 Å². The minimum absolute atomic E-state index is 0.150. The molecule has 0 bridgehead atoms. The molecule has 508 valence electrons. The molecule has 2 atom stereocenters. The maximum atomic E-state index is 11.9. The molecule has 3 saturated heterocycles. The number of nitrogens with zero attached hydrogens (tertiary/aromatic N) is 15. The molecule has 2 unspecified atom stereocenters. The number of nitrogen functional groups attached to an aromatic ring is 1. The first-order valence-electron chi connectivity index (χ1n) is 30.8. The summed E-state index contributed by atoms with van der Waals surface area (Å²) in [6, 6.07) is 7.85. The summed E-state index contributed by atoms with van der Waals surface area (Å²) in [7, 11) is 2.15. The first-order chi connectivity index (χ1) is 45.8. The molecule has 0 spiro atoms. The van der Waals surface area contributed by atoms with Gasteiger partial charge in [-0.15, -0.1) is 34.0 Å². The van der Waals surface area contributed by atoms with Gasteiger partial charge in [0.15, 0.2) is 34.9 Å². The van der Waals surface area contributed by atoms with Gasteiger partial charge >= 0.3 is 0 Å². The van der Waals surface area contributed by atoms with E-state index in [1.807, 2.05) is 50.6 Å². The predicted molar refractivity (Wildman–Crippen MR) is 387 cm³/mol. The van der Waals surface area contributed by atoms with Crippen molar-refractivity contribution in [1.29, 1.82) is 0 Å². The molecule has 0 aromatic carbocycles. The number of thioether (sulfide) groups is 2. The molecule has 3 aliphatic heterocycles. The standard InChI is InChI=1S/C19H22N6O2S.C18H23N7O3S2.C18H21N7O2S.C7H16S2/c1-12(26)22-16-4-3-13(10-21-16)18-23-15-9-14(11-20-2)28-17(15)19(24-18)25-5-7-27-8-6-25;1-11-13(10-24(2)30(3,26)27)29-15-14(11)22-16(12-8-20-18(19)21-9-12)23-17(15)25-4-6-28-7-5-25;1-11(26)22-18-20-8-12(9-21-18)16-23-14-7-13(10-19-2)28-15(14)17(24-16)25-3-5-27-6-4-25;1-5-7(9-4)6(2)8-3/h3-4,9-10,20H,5-8,11H2,1-2H3,(H,21,22,26);8-9H,4-7,10H2,1-3H3,(H2,19,20,21);7-9,19H,3-6,10H2,1-2H3,(H,20,21,22,26);6-7H,5H2,1-4H3. The molecule has 0 radical (unpaired) electrons. The van der Waals surface area contributed by atoms with Gasteiger partial charge in [-0.2, -0.15) is 23.5 Å². The first kappa shape index (κ1) is 72.3. The molecule has 0 aliphatic carbocycles. The fraction of sp³-hybridized carbons (Fsp3) is 0.468. The second-order valence-electron chi connectivity index (χ2n) is 22.2. The number of hydrogen-bond acceptors (Lipinski definition) is 29. The Morgan fingerprint density at radius 3 is 1.51 bits per heavy atom. The second kappa shape index (κ2) is 34.3. The zero-order valence-corrected chi connectivity index (χ0v) is 60.2. The third kappa shape index (κ3) is 19.2. The third-order valence-electron chi connectivity index (χ3n) is 15.3. The van der Waals surface area contributed by atoms with E-state index < -0.39 is 10.0 Å². The summed E-state index contributed by atoms with van der Waals surface area (Å²) in [5.74, 6) is 4.98. The maximum Gasteiger partial charge on any atom is 0.229 e. The van der Waals surface area contributed by atoms with Crippen LogP contribution in [0.2, 0.25) is 0 Å². The number of carbonyl (C=O) groups is 2. The Bertz CT molecular complexity index is 3960. The van der Waals surface area contributed by atoms with Crippen LogP contribution in [0.4, 0.5) is 35.2 Å². The van der Waals surface area contributed by atoms with E-state index in [1.165, 1.54) is 51.9 Å². The van der Waals surface area contributed by atoms with Crippen molar-refractivity contribution in [1.82, 2.24) is 69.8 Å². The van der Waals surface area contributed by atoms with Gasteiger partial charge in [0.25, 0.3) is 0 Å². The molecule has 2 amide bonds. The molecular weight excluding hydrogens is 1330 g/mol. The van der Waals surface area contributed by atoms with Gasteiger partial charge in [0.2, 0.25) is 33.7 Å². The van der Waals surface area contributed by atoms with E-state index in [-0.39, 0.29) is 30.3 Å². The highest BCUT2D eigenvalue weighted by atomic mass is 32.2. The number of hydrogen-bond donors (Lipinski definition) is 5. The molecule has 9 aromatic heterocycles.